The Kier molecular flexibility index (Phi) is 5.50. The molecule has 44 heavy (non-hydrogen) atoms. The molecule has 0 bridgehead atoms. The first-order valence-electron chi connectivity index (χ1n) is 14.9. The maximum atomic E-state index is 5.18. The van der Waals surface area contributed by atoms with Crippen LogP contribution in [0.25, 0.3) is 88.4 Å². The maximum Gasteiger partial charge on any atom is 0.164 e. The number of rotatable bonds is 4. The zero-order valence-electron chi connectivity index (χ0n) is 23.8. The average Bonchev–Trinajstić information content (AvgIpc) is 3.10. The van der Waals surface area contributed by atoms with E-state index in [0.717, 1.165) is 27.8 Å². The van der Waals surface area contributed by atoms with Crippen LogP contribution in [0.15, 0.2) is 152 Å². The maximum absolute atomic E-state index is 5.18. The highest BCUT2D eigenvalue weighted by Crippen LogP contribution is 2.39. The minimum absolute atomic E-state index is 0.655. The van der Waals surface area contributed by atoms with Crippen LogP contribution in [0, 0.1) is 0 Å². The minimum Gasteiger partial charge on any atom is -0.208 e. The molecule has 0 unspecified atom stereocenters. The number of fused-ring (bicyclic) bond motifs is 1. The minimum atomic E-state index is 0.655. The van der Waals surface area contributed by atoms with Gasteiger partial charge in [-0.2, -0.15) is 0 Å². The van der Waals surface area contributed by atoms with E-state index in [1.165, 1.54) is 43.1 Å². The van der Waals surface area contributed by atoms with Gasteiger partial charge in [-0.3, -0.25) is 0 Å². The van der Waals surface area contributed by atoms with E-state index in [0.29, 0.717) is 17.5 Å². The Balaban J connectivity index is 1.29. The molecule has 0 spiro atoms. The van der Waals surface area contributed by atoms with Crippen molar-refractivity contribution >= 4 is 43.1 Å². The predicted octanol–water partition coefficient (Wildman–Crippen LogP) is 10.6. The van der Waals surface area contributed by atoms with Gasteiger partial charge in [-0.25, -0.2) is 15.0 Å². The lowest BCUT2D eigenvalue weighted by Gasteiger charge is -2.15. The smallest absolute Gasteiger partial charge is 0.164 e. The van der Waals surface area contributed by atoms with E-state index in [1.54, 1.807) is 0 Å². The lowest BCUT2D eigenvalue weighted by molar-refractivity contribution is 1.08. The lowest BCUT2D eigenvalue weighted by atomic mass is 9.92. The summed E-state index contributed by atoms with van der Waals surface area (Å²) in [5, 5.41) is 9.87. The SMILES string of the molecule is c1ccc(-c2nc(-c3cc4ccc5cccc6ccc(c3)c4c56)nc(-c3ccccc3-c3cccc4ccccc34)n2)cc1. The molecule has 9 rings (SSSR count). The number of hydrogen-bond acceptors (Lipinski definition) is 3. The Morgan fingerprint density at radius 3 is 1.57 bits per heavy atom. The third-order valence-corrected chi connectivity index (χ3v) is 8.64. The van der Waals surface area contributed by atoms with Crippen LogP contribution in [-0.2, 0) is 0 Å². The van der Waals surface area contributed by atoms with Crippen molar-refractivity contribution in [3.05, 3.63) is 152 Å². The summed E-state index contributed by atoms with van der Waals surface area (Å²) >= 11 is 0. The normalized spacial score (nSPS) is 11.6. The molecule has 204 valence electrons. The van der Waals surface area contributed by atoms with Crippen molar-refractivity contribution in [3.8, 4) is 45.3 Å². The van der Waals surface area contributed by atoms with Gasteiger partial charge in [-0.1, -0.05) is 140 Å². The molecule has 0 amide bonds. The molecular weight excluding hydrogens is 534 g/mol. The fraction of sp³-hybridized carbons (Fsp3) is 0. The molecule has 0 aliphatic heterocycles. The van der Waals surface area contributed by atoms with Gasteiger partial charge in [0.25, 0.3) is 0 Å². The zero-order valence-corrected chi connectivity index (χ0v) is 23.8. The molecule has 0 aliphatic rings. The molecule has 1 heterocycles. The molecule has 0 N–H and O–H groups in total. The molecule has 3 nitrogen and oxygen atoms in total. The highest BCUT2D eigenvalue weighted by atomic mass is 15.0. The highest BCUT2D eigenvalue weighted by Gasteiger charge is 2.18. The monoisotopic (exact) mass is 559 g/mol. The van der Waals surface area contributed by atoms with E-state index >= 15 is 0 Å². The van der Waals surface area contributed by atoms with Crippen molar-refractivity contribution in [2.45, 2.75) is 0 Å². The Labute approximate surface area is 254 Å². The Bertz CT molecular complexity index is 2430. The van der Waals surface area contributed by atoms with E-state index in [1.807, 2.05) is 18.2 Å². The van der Waals surface area contributed by atoms with Crippen molar-refractivity contribution in [2.75, 3.05) is 0 Å². The molecule has 0 saturated carbocycles. The number of nitrogens with zero attached hydrogens (tertiary/aromatic N) is 3. The van der Waals surface area contributed by atoms with Crippen molar-refractivity contribution in [2.24, 2.45) is 0 Å². The van der Waals surface area contributed by atoms with Crippen LogP contribution >= 0.6 is 0 Å². The standard InChI is InChI=1S/C41H25N3/c1-2-11-29(12-3-1)39-42-40(32-24-30-22-20-27-14-8-15-28-21-23-31(25-32)38(30)37(27)28)44-41(43-39)36-18-7-6-17-35(36)34-19-9-13-26-10-4-5-16-33(26)34/h1-25H. The van der Waals surface area contributed by atoms with E-state index in [2.05, 4.69) is 133 Å². The Morgan fingerprint density at radius 1 is 0.295 bits per heavy atom. The van der Waals surface area contributed by atoms with E-state index < -0.39 is 0 Å². The van der Waals surface area contributed by atoms with E-state index in [-0.39, 0.29) is 0 Å². The average molecular weight is 560 g/mol. The van der Waals surface area contributed by atoms with Gasteiger partial charge in [-0.05, 0) is 66.3 Å². The predicted molar refractivity (Wildman–Crippen MR) is 183 cm³/mol. The van der Waals surface area contributed by atoms with Crippen molar-refractivity contribution in [1.82, 2.24) is 15.0 Å². The number of hydrogen-bond donors (Lipinski definition) is 0. The largest absolute Gasteiger partial charge is 0.208 e. The van der Waals surface area contributed by atoms with Crippen LogP contribution < -0.4 is 0 Å². The summed E-state index contributed by atoms with van der Waals surface area (Å²) in [6.45, 7) is 0. The highest BCUT2D eigenvalue weighted by molar-refractivity contribution is 6.23. The second kappa shape index (κ2) is 9.82. The topological polar surface area (TPSA) is 38.7 Å². The van der Waals surface area contributed by atoms with E-state index in [9.17, 15) is 0 Å². The second-order valence-corrected chi connectivity index (χ2v) is 11.3. The summed E-state index contributed by atoms with van der Waals surface area (Å²) < 4.78 is 0. The van der Waals surface area contributed by atoms with Crippen molar-refractivity contribution in [3.63, 3.8) is 0 Å². The van der Waals surface area contributed by atoms with Gasteiger partial charge in [0, 0.05) is 16.7 Å². The first-order chi connectivity index (χ1) is 21.8. The van der Waals surface area contributed by atoms with Crippen LogP contribution in [0.1, 0.15) is 0 Å². The molecule has 0 fully saturated rings. The molecule has 8 aromatic carbocycles. The molecule has 0 radical (unpaired) electrons. The summed E-state index contributed by atoms with van der Waals surface area (Å²) in [5.41, 5.74) is 5.15. The van der Waals surface area contributed by atoms with Gasteiger partial charge >= 0.3 is 0 Å². The fourth-order valence-electron chi connectivity index (χ4n) is 6.60. The summed E-state index contributed by atoms with van der Waals surface area (Å²) in [6, 6.07) is 53.3. The molecule has 9 aromatic rings. The van der Waals surface area contributed by atoms with Crippen LogP contribution in [0.2, 0.25) is 0 Å². The number of benzene rings is 8. The fourth-order valence-corrected chi connectivity index (χ4v) is 6.60. The molecule has 0 atom stereocenters. The van der Waals surface area contributed by atoms with Gasteiger partial charge in [0.2, 0.25) is 0 Å². The van der Waals surface area contributed by atoms with Gasteiger partial charge < -0.3 is 0 Å². The molecule has 0 aliphatic carbocycles. The Hall–Kier alpha value is -5.93. The third kappa shape index (κ3) is 3.94. The lowest BCUT2D eigenvalue weighted by Crippen LogP contribution is -2.01. The first kappa shape index (κ1) is 24.6. The van der Waals surface area contributed by atoms with Crippen LogP contribution in [0.3, 0.4) is 0 Å². The Morgan fingerprint density at radius 2 is 0.795 bits per heavy atom. The van der Waals surface area contributed by atoms with Crippen LogP contribution in [-0.4, -0.2) is 15.0 Å². The number of aromatic nitrogens is 3. The van der Waals surface area contributed by atoms with Gasteiger partial charge in [0.05, 0.1) is 0 Å². The summed E-state index contributed by atoms with van der Waals surface area (Å²) in [7, 11) is 0. The molecular formula is C41H25N3. The molecule has 3 heteroatoms. The first-order valence-corrected chi connectivity index (χ1v) is 14.9. The third-order valence-electron chi connectivity index (χ3n) is 8.64. The molecule has 1 aromatic heterocycles. The summed E-state index contributed by atoms with van der Waals surface area (Å²) in [6.07, 6.45) is 0. The summed E-state index contributed by atoms with van der Waals surface area (Å²) in [5.74, 6) is 1.97. The van der Waals surface area contributed by atoms with Crippen molar-refractivity contribution in [1.29, 1.82) is 0 Å². The summed E-state index contributed by atoms with van der Waals surface area (Å²) in [4.78, 5) is 15.3. The van der Waals surface area contributed by atoms with Crippen molar-refractivity contribution < 1.29 is 0 Å². The molecule has 0 saturated heterocycles. The van der Waals surface area contributed by atoms with Gasteiger partial charge in [0.15, 0.2) is 17.5 Å². The van der Waals surface area contributed by atoms with Gasteiger partial charge in [0.1, 0.15) is 0 Å². The zero-order chi connectivity index (χ0) is 29.0. The van der Waals surface area contributed by atoms with Crippen LogP contribution in [0.5, 0.6) is 0 Å². The van der Waals surface area contributed by atoms with Crippen LogP contribution in [0.4, 0.5) is 0 Å². The quantitative estimate of drug-likeness (QED) is 0.201. The van der Waals surface area contributed by atoms with E-state index in [4.69, 9.17) is 15.0 Å². The van der Waals surface area contributed by atoms with Gasteiger partial charge in [-0.15, -0.1) is 0 Å². The second-order valence-electron chi connectivity index (χ2n) is 11.3.